The van der Waals surface area contributed by atoms with Crippen molar-refractivity contribution in [2.45, 2.75) is 6.61 Å². The quantitative estimate of drug-likeness (QED) is 0.784. The monoisotopic (exact) mass is 303 g/mol. The van der Waals surface area contributed by atoms with Crippen molar-refractivity contribution < 1.29 is 13.9 Å². The van der Waals surface area contributed by atoms with Crippen molar-refractivity contribution >= 4 is 11.3 Å². The van der Waals surface area contributed by atoms with E-state index in [-0.39, 0.29) is 6.61 Å². The van der Waals surface area contributed by atoms with Crippen LogP contribution in [0.4, 0.5) is 8.78 Å². The maximum Gasteiger partial charge on any atom is 0.133 e. The number of hydrogen-bond acceptors (Lipinski definition) is 3. The van der Waals surface area contributed by atoms with Gasteiger partial charge in [0.2, 0.25) is 0 Å². The lowest BCUT2D eigenvalue weighted by Crippen LogP contribution is -1.89. The highest BCUT2D eigenvalue weighted by Crippen LogP contribution is 2.35. The Morgan fingerprint density at radius 1 is 0.905 bits per heavy atom. The summed E-state index contributed by atoms with van der Waals surface area (Å²) >= 11 is 1.16. The minimum atomic E-state index is -0.419. The lowest BCUT2D eigenvalue weighted by atomic mass is 10.1. The summed E-state index contributed by atoms with van der Waals surface area (Å²) in [5.74, 6) is -0.812. The Balaban J connectivity index is 2.16. The molecule has 2 nitrogen and oxygen atoms in total. The molecule has 3 rings (SSSR count). The fourth-order valence-corrected chi connectivity index (χ4v) is 3.04. The van der Waals surface area contributed by atoms with Crippen LogP contribution >= 0.6 is 11.3 Å². The number of hydrogen-bond donors (Lipinski definition) is 1. The van der Waals surface area contributed by atoms with Crippen LogP contribution in [0.5, 0.6) is 0 Å². The van der Waals surface area contributed by atoms with Crippen LogP contribution in [0, 0.1) is 11.6 Å². The van der Waals surface area contributed by atoms with Crippen molar-refractivity contribution in [3.05, 3.63) is 65.0 Å². The molecule has 0 aliphatic heterocycles. The number of aliphatic hydroxyl groups excluding tert-OH is 1. The van der Waals surface area contributed by atoms with Crippen molar-refractivity contribution in [3.8, 4) is 21.8 Å². The molecule has 0 saturated carbocycles. The predicted molar refractivity (Wildman–Crippen MR) is 78.8 cm³/mol. The van der Waals surface area contributed by atoms with Crippen LogP contribution < -0.4 is 0 Å². The molecule has 0 spiro atoms. The van der Waals surface area contributed by atoms with E-state index in [1.807, 2.05) is 0 Å². The lowest BCUT2D eigenvalue weighted by Gasteiger charge is -2.01. The highest BCUT2D eigenvalue weighted by molar-refractivity contribution is 7.15. The summed E-state index contributed by atoms with van der Waals surface area (Å²) in [6.07, 6.45) is 0. The molecule has 5 heteroatoms. The summed E-state index contributed by atoms with van der Waals surface area (Å²) in [6.45, 7) is -0.268. The van der Waals surface area contributed by atoms with Crippen LogP contribution in [0.25, 0.3) is 21.8 Å². The SMILES string of the molecule is OCc1sc(-c2ccccc2F)nc1-c1ccccc1F. The van der Waals surface area contributed by atoms with Gasteiger partial charge in [0.15, 0.2) is 0 Å². The van der Waals surface area contributed by atoms with Gasteiger partial charge in [-0.15, -0.1) is 11.3 Å². The molecule has 0 unspecified atom stereocenters. The topological polar surface area (TPSA) is 33.1 Å². The number of aromatic nitrogens is 1. The van der Waals surface area contributed by atoms with Crippen molar-refractivity contribution in [2.24, 2.45) is 0 Å². The van der Waals surface area contributed by atoms with E-state index in [4.69, 9.17) is 0 Å². The molecule has 21 heavy (non-hydrogen) atoms. The Morgan fingerprint density at radius 3 is 2.05 bits per heavy atom. The number of rotatable bonds is 3. The maximum absolute atomic E-state index is 13.9. The number of thiazole rings is 1. The molecule has 3 aromatic rings. The number of nitrogens with zero attached hydrogens (tertiary/aromatic N) is 1. The van der Waals surface area contributed by atoms with Crippen molar-refractivity contribution in [1.82, 2.24) is 4.98 Å². The van der Waals surface area contributed by atoms with E-state index in [0.29, 0.717) is 26.7 Å². The third-order valence-corrected chi connectivity index (χ3v) is 4.15. The fourth-order valence-electron chi connectivity index (χ4n) is 2.07. The van der Waals surface area contributed by atoms with Crippen molar-refractivity contribution in [2.75, 3.05) is 0 Å². The van der Waals surface area contributed by atoms with E-state index in [1.165, 1.54) is 12.1 Å². The maximum atomic E-state index is 13.9. The molecule has 0 bridgehead atoms. The molecule has 0 amide bonds. The van der Waals surface area contributed by atoms with E-state index in [0.717, 1.165) is 11.3 Å². The Morgan fingerprint density at radius 2 is 1.48 bits per heavy atom. The predicted octanol–water partition coefficient (Wildman–Crippen LogP) is 4.25. The standard InChI is InChI=1S/C16H11F2NOS/c17-12-7-3-1-5-10(12)15-14(9-20)21-16(19-15)11-6-2-4-8-13(11)18/h1-8,20H,9H2. The first-order chi connectivity index (χ1) is 10.2. The number of benzene rings is 2. The molecule has 0 saturated heterocycles. The molecule has 0 aliphatic carbocycles. The van der Waals surface area contributed by atoms with Gasteiger partial charge in [-0.1, -0.05) is 24.3 Å². The van der Waals surface area contributed by atoms with Crippen LogP contribution in [-0.4, -0.2) is 10.1 Å². The summed E-state index contributed by atoms with van der Waals surface area (Å²) in [6, 6.07) is 12.5. The van der Waals surface area contributed by atoms with Gasteiger partial charge in [-0.25, -0.2) is 13.8 Å². The molecule has 1 N–H and O–H groups in total. The number of halogens is 2. The number of aliphatic hydroxyl groups is 1. The molecule has 0 aliphatic rings. The summed E-state index contributed by atoms with van der Waals surface area (Å²) < 4.78 is 27.7. The third kappa shape index (κ3) is 2.57. The van der Waals surface area contributed by atoms with Gasteiger partial charge in [0.25, 0.3) is 0 Å². The lowest BCUT2D eigenvalue weighted by molar-refractivity contribution is 0.286. The van der Waals surface area contributed by atoms with Crippen LogP contribution in [0.1, 0.15) is 4.88 Å². The van der Waals surface area contributed by atoms with Crippen LogP contribution in [0.15, 0.2) is 48.5 Å². The molecule has 1 aromatic heterocycles. The van der Waals surface area contributed by atoms with E-state index < -0.39 is 11.6 Å². The molecule has 0 radical (unpaired) electrons. The zero-order valence-electron chi connectivity index (χ0n) is 10.9. The molecular weight excluding hydrogens is 292 g/mol. The zero-order chi connectivity index (χ0) is 14.8. The summed E-state index contributed by atoms with van der Waals surface area (Å²) in [5.41, 5.74) is 1.01. The van der Waals surface area contributed by atoms with E-state index in [1.54, 1.807) is 36.4 Å². The average molecular weight is 303 g/mol. The van der Waals surface area contributed by atoms with Gasteiger partial charge in [-0.2, -0.15) is 0 Å². The van der Waals surface area contributed by atoms with Gasteiger partial charge in [0, 0.05) is 11.1 Å². The Kier molecular flexibility index (Phi) is 3.77. The largest absolute Gasteiger partial charge is 0.391 e. The first kappa shape index (κ1) is 13.9. The van der Waals surface area contributed by atoms with E-state index in [9.17, 15) is 13.9 Å². The van der Waals surface area contributed by atoms with Gasteiger partial charge >= 0.3 is 0 Å². The first-order valence-corrected chi connectivity index (χ1v) is 7.12. The van der Waals surface area contributed by atoms with Crippen LogP contribution in [0.2, 0.25) is 0 Å². The minimum absolute atomic E-state index is 0.268. The highest BCUT2D eigenvalue weighted by atomic mass is 32.1. The Hall–Kier alpha value is -2.11. The van der Waals surface area contributed by atoms with Crippen LogP contribution in [0.3, 0.4) is 0 Å². The van der Waals surface area contributed by atoms with Gasteiger partial charge in [-0.05, 0) is 24.3 Å². The molecule has 0 fully saturated rings. The van der Waals surface area contributed by atoms with Gasteiger partial charge in [0.05, 0.1) is 17.2 Å². The minimum Gasteiger partial charge on any atom is -0.391 e. The summed E-state index contributed by atoms with van der Waals surface area (Å²) in [7, 11) is 0. The van der Waals surface area contributed by atoms with E-state index in [2.05, 4.69) is 4.98 Å². The second-order valence-electron chi connectivity index (χ2n) is 4.41. The van der Waals surface area contributed by atoms with Crippen molar-refractivity contribution in [1.29, 1.82) is 0 Å². The fraction of sp³-hybridized carbons (Fsp3) is 0.0625. The molecule has 2 aromatic carbocycles. The molecular formula is C16H11F2NOS. The normalized spacial score (nSPS) is 10.8. The average Bonchev–Trinajstić information content (AvgIpc) is 2.92. The van der Waals surface area contributed by atoms with Crippen LogP contribution in [-0.2, 0) is 6.61 Å². The van der Waals surface area contributed by atoms with Gasteiger partial charge in [0.1, 0.15) is 16.6 Å². The summed E-state index contributed by atoms with van der Waals surface area (Å²) in [5, 5.41) is 9.88. The van der Waals surface area contributed by atoms with Gasteiger partial charge < -0.3 is 5.11 Å². The summed E-state index contributed by atoms with van der Waals surface area (Å²) in [4.78, 5) is 4.83. The van der Waals surface area contributed by atoms with Gasteiger partial charge in [-0.3, -0.25) is 0 Å². The highest BCUT2D eigenvalue weighted by Gasteiger charge is 2.17. The Labute approximate surface area is 124 Å². The third-order valence-electron chi connectivity index (χ3n) is 3.07. The molecule has 106 valence electrons. The molecule has 1 heterocycles. The first-order valence-electron chi connectivity index (χ1n) is 6.31. The Bertz CT molecular complexity index is 785. The zero-order valence-corrected chi connectivity index (χ0v) is 11.7. The second kappa shape index (κ2) is 5.71. The smallest absolute Gasteiger partial charge is 0.133 e. The van der Waals surface area contributed by atoms with E-state index >= 15 is 0 Å². The van der Waals surface area contributed by atoms with Crippen molar-refractivity contribution in [3.63, 3.8) is 0 Å². The second-order valence-corrected chi connectivity index (χ2v) is 5.49. The molecule has 0 atom stereocenters.